The van der Waals surface area contributed by atoms with Crippen LogP contribution in [-0.2, 0) is 55.4 Å². The minimum absolute atomic E-state index is 0.0270. The van der Waals surface area contributed by atoms with Crippen LogP contribution in [0.15, 0.2) is 69.4 Å². The fourth-order valence-corrected chi connectivity index (χ4v) is 11.3. The molecule has 0 bridgehead atoms. The highest BCUT2D eigenvalue weighted by Crippen LogP contribution is 2.66. The van der Waals surface area contributed by atoms with Crippen LogP contribution < -0.4 is 26.8 Å². The van der Waals surface area contributed by atoms with Crippen LogP contribution in [0.5, 0.6) is 5.75 Å². The summed E-state index contributed by atoms with van der Waals surface area (Å²) in [7, 11) is -17.1. The summed E-state index contributed by atoms with van der Waals surface area (Å²) in [5.41, 5.74) is 25.3. The van der Waals surface area contributed by atoms with Gasteiger partial charge in [-0.3, -0.25) is 23.5 Å². The van der Waals surface area contributed by atoms with Crippen molar-refractivity contribution < 1.29 is 97.6 Å². The fraction of sp³-hybridized carbons (Fsp3) is 0.442. The molecule has 1 fully saturated rings. The summed E-state index contributed by atoms with van der Waals surface area (Å²) in [6.45, 7) is -3.37. The zero-order valence-corrected chi connectivity index (χ0v) is 45.5. The lowest BCUT2D eigenvalue weighted by atomic mass is 9.90. The van der Waals surface area contributed by atoms with Crippen molar-refractivity contribution in [2.75, 3.05) is 58.6 Å². The Morgan fingerprint density at radius 3 is 2.58 bits per heavy atom. The molecule has 0 aliphatic carbocycles. The van der Waals surface area contributed by atoms with Crippen molar-refractivity contribution >= 4 is 65.6 Å². The van der Waals surface area contributed by atoms with Crippen LogP contribution in [0.2, 0.25) is 0 Å². The standard InChI is InChI=1S/C43H53BF2N13O19P3/c1-27-18-28(2)58-35(27)20-32-11-10-31(59(32)44(58,45)46)12-13-33(60)8-5-15-51-42(62)29-6-3-9-34(19-29)73-25-39(54-56-49)72-17-16-71-24-38(61)50-14-4-7-30-22-57(43(63)53-41(30)47)40-21-36(74-26-52-55-48)37(76-40)23-75-80(67,68)78-81(69,70)77-79(64,65)66/h3,6,9-11,18-20,22,36-37,39-40H,5,8,12-17,21,23-26H2,1-2H3,(H,50,61)(H,51,62)(H,67,68)(H,69,70)(H2,47,53,63)(H2,64,65,66)/t36-,37-,39?,40-/m1/s1. The highest BCUT2D eigenvalue weighted by molar-refractivity contribution is 7.66. The molecular formula is C43H53BF2N13O19P3. The molecule has 1 aromatic carbocycles. The van der Waals surface area contributed by atoms with E-state index in [1.54, 1.807) is 56.3 Å². The number of fused-ring (bicyclic) bond motifs is 2. The first kappa shape index (κ1) is 63.3. The molecule has 0 saturated carbocycles. The molecule has 1 saturated heterocycles. The molecule has 3 unspecified atom stereocenters. The summed E-state index contributed by atoms with van der Waals surface area (Å²) in [6.07, 6.45) is 1.55. The largest absolute Gasteiger partial charge is 0.737 e. The van der Waals surface area contributed by atoms with Crippen LogP contribution in [-0.4, -0.2) is 140 Å². The van der Waals surface area contributed by atoms with Gasteiger partial charge in [0.2, 0.25) is 5.91 Å². The third kappa shape index (κ3) is 18.3. The maximum atomic E-state index is 15.7. The Bertz CT molecular complexity index is 3350. The SMILES string of the molecule is Cc1cc(C)n2c1C=C1C=CC(CCC(=O)CCCNC(=O)c3cccc(OCC(N=[N+]=[N-])OCCOCC(=O)NCC#Cc4cn([C@H]5C[C@@H](OCN=[N+]=[N-])[C@@H](COP(=O)(O)OP(=O)(O)OP(=O)(O)O)O5)c(=O)nc4N)c3)=[N+]1[B-]2(F)F. The van der Waals surface area contributed by atoms with Gasteiger partial charge in [0.05, 0.1) is 38.0 Å². The molecule has 5 heterocycles. The van der Waals surface area contributed by atoms with E-state index in [1.165, 1.54) is 6.07 Å². The number of carbonyl (C=O) groups is 3. The molecule has 0 radical (unpaired) electrons. The number of ether oxygens (including phenoxy) is 5. The number of hydrogen-bond acceptors (Lipinski definition) is 19. The Labute approximate surface area is 457 Å². The van der Waals surface area contributed by atoms with Crippen LogP contribution in [0.3, 0.4) is 0 Å². The average Bonchev–Trinajstić information content (AvgIpc) is 2.95. The first-order chi connectivity index (χ1) is 38.3. The number of anilines is 1. The predicted molar refractivity (Wildman–Crippen MR) is 277 cm³/mol. The van der Waals surface area contributed by atoms with Crippen LogP contribution in [0.1, 0.15) is 71.2 Å². The number of rotatable bonds is 30. The highest BCUT2D eigenvalue weighted by Gasteiger charge is 2.52. The minimum atomic E-state index is -5.85. The van der Waals surface area contributed by atoms with Crippen molar-refractivity contribution in [1.82, 2.24) is 24.7 Å². The third-order valence-electron chi connectivity index (χ3n) is 11.7. The van der Waals surface area contributed by atoms with Gasteiger partial charge in [0.1, 0.15) is 55.3 Å². The number of azide groups is 2. The number of allylic oxidation sites excluding steroid dienone is 2. The van der Waals surface area contributed by atoms with E-state index < -0.39 is 92.6 Å². The van der Waals surface area contributed by atoms with E-state index in [4.69, 9.17) is 50.3 Å². The number of nitrogens with two attached hydrogens (primary N) is 1. The molecule has 2 amide bonds. The predicted octanol–water partition coefficient (Wildman–Crippen LogP) is 3.90. The normalized spacial score (nSPS) is 18.8. The topological polar surface area (TPSA) is 448 Å². The first-order valence-electron chi connectivity index (χ1n) is 24.0. The maximum absolute atomic E-state index is 15.7. The number of aryl methyl sites for hydroxylation is 2. The monoisotopic (exact) mass is 1200 g/mol. The van der Waals surface area contributed by atoms with Crippen LogP contribution in [0, 0.1) is 25.7 Å². The molecule has 6 rings (SSSR count). The van der Waals surface area contributed by atoms with Gasteiger partial charge in [-0.25, -0.2) is 18.5 Å². The Kier molecular flexibility index (Phi) is 22.0. The second kappa shape index (κ2) is 28.2. The van der Waals surface area contributed by atoms with Gasteiger partial charge in [-0.2, -0.15) is 13.6 Å². The maximum Gasteiger partial charge on any atom is 0.737 e. The number of phosphoric ester groups is 1. The molecule has 436 valence electrons. The van der Waals surface area contributed by atoms with Gasteiger partial charge in [-0.1, -0.05) is 28.1 Å². The highest BCUT2D eigenvalue weighted by atomic mass is 31.3. The lowest BCUT2D eigenvalue weighted by Crippen LogP contribution is -2.50. The van der Waals surface area contributed by atoms with Gasteiger partial charge in [-0.15, -0.1) is 0 Å². The molecule has 38 heteroatoms. The van der Waals surface area contributed by atoms with Gasteiger partial charge in [0.25, 0.3) is 5.91 Å². The summed E-state index contributed by atoms with van der Waals surface area (Å²) in [5.74, 6) is 3.97. The third-order valence-corrected chi connectivity index (χ3v) is 15.5. The number of ketones is 1. The molecule has 3 aromatic rings. The summed E-state index contributed by atoms with van der Waals surface area (Å²) < 4.78 is 109. The summed E-state index contributed by atoms with van der Waals surface area (Å²) in [5, 5.41) is 12.0. The molecule has 32 nitrogen and oxygen atoms in total. The number of benzene rings is 1. The van der Waals surface area contributed by atoms with Gasteiger partial charge in [0, 0.05) is 77.7 Å². The Hall–Kier alpha value is -6.91. The molecule has 2 aromatic heterocycles. The molecule has 81 heavy (non-hydrogen) atoms. The Balaban J connectivity index is 0.882. The number of nitrogens with one attached hydrogen (secondary N) is 2. The summed E-state index contributed by atoms with van der Waals surface area (Å²) >= 11 is 0. The van der Waals surface area contributed by atoms with Gasteiger partial charge in [-0.05, 0) is 66.9 Å². The lowest BCUT2D eigenvalue weighted by molar-refractivity contribution is -0.362. The van der Waals surface area contributed by atoms with E-state index in [0.29, 0.717) is 29.2 Å². The number of halogens is 2. The number of Topliss-reactive ketones (excluding diaryl/α,β-unsaturated/α-hetero) is 1. The molecule has 8 N–H and O–H groups in total. The van der Waals surface area contributed by atoms with Crippen molar-refractivity contribution in [1.29, 1.82) is 0 Å². The molecular weight excluding hydrogens is 1140 g/mol. The summed E-state index contributed by atoms with van der Waals surface area (Å²) in [4.78, 5) is 96.7. The van der Waals surface area contributed by atoms with Crippen molar-refractivity contribution in [2.24, 2.45) is 10.2 Å². The zero-order valence-electron chi connectivity index (χ0n) is 42.8. The van der Waals surface area contributed by atoms with Crippen LogP contribution in [0.4, 0.5) is 14.4 Å². The molecule has 3 aliphatic heterocycles. The lowest BCUT2D eigenvalue weighted by Gasteiger charge is -2.30. The Morgan fingerprint density at radius 1 is 1.06 bits per heavy atom. The number of amides is 2. The second-order valence-corrected chi connectivity index (χ2v) is 21.9. The van der Waals surface area contributed by atoms with Gasteiger partial charge in [0.15, 0.2) is 11.9 Å². The van der Waals surface area contributed by atoms with E-state index in [0.717, 1.165) is 25.3 Å². The van der Waals surface area contributed by atoms with E-state index in [9.17, 15) is 42.7 Å². The number of aromatic nitrogens is 3. The van der Waals surface area contributed by atoms with E-state index in [2.05, 4.69) is 60.7 Å². The molecule has 6 atom stereocenters. The van der Waals surface area contributed by atoms with E-state index >= 15 is 8.63 Å². The number of hydrogen-bond donors (Lipinski definition) is 7. The number of carbonyl (C=O) groups excluding carboxylic acids is 3. The number of nitrogens with zero attached hydrogens (tertiary/aromatic N) is 10. The average molecular weight is 1200 g/mol. The Morgan fingerprint density at radius 2 is 1.84 bits per heavy atom. The fourth-order valence-electron chi connectivity index (χ4n) is 8.29. The quantitative estimate of drug-likeness (QED) is 0.00946. The number of phosphoric acid groups is 3. The zero-order chi connectivity index (χ0) is 59.1. The van der Waals surface area contributed by atoms with E-state index in [1.807, 2.05) is 0 Å². The van der Waals surface area contributed by atoms with Crippen molar-refractivity contribution in [2.45, 2.75) is 70.6 Å². The minimum Gasteiger partial charge on any atom is -0.491 e. The van der Waals surface area contributed by atoms with Gasteiger partial charge < -0.3 is 77.2 Å². The smallest absolute Gasteiger partial charge is 0.491 e. The number of nitrogen functional groups attached to an aromatic ring is 1. The van der Waals surface area contributed by atoms with Crippen LogP contribution >= 0.6 is 23.5 Å². The van der Waals surface area contributed by atoms with Crippen LogP contribution in [0.25, 0.3) is 27.0 Å². The first-order valence-corrected chi connectivity index (χ1v) is 28.5. The van der Waals surface area contributed by atoms with Crippen molar-refractivity contribution in [3.05, 3.63) is 114 Å². The van der Waals surface area contributed by atoms with E-state index in [-0.39, 0.29) is 87.1 Å². The van der Waals surface area contributed by atoms with Crippen molar-refractivity contribution in [3.8, 4) is 17.6 Å². The van der Waals surface area contributed by atoms with Gasteiger partial charge >= 0.3 is 36.1 Å². The molecule has 0 spiro atoms. The second-order valence-electron chi connectivity index (χ2n) is 17.5. The summed E-state index contributed by atoms with van der Waals surface area (Å²) in [6, 6.07) is 7.83. The van der Waals surface area contributed by atoms with Crippen molar-refractivity contribution in [3.63, 3.8) is 0 Å². The molecule has 3 aliphatic rings.